The van der Waals surface area contributed by atoms with Crippen LogP contribution in [0.4, 0.5) is 5.69 Å². The quantitative estimate of drug-likeness (QED) is 0.297. The van der Waals surface area contributed by atoms with E-state index >= 15 is 0 Å². The lowest BCUT2D eigenvalue weighted by Crippen LogP contribution is -2.31. The average molecular weight is 559 g/mol. The van der Waals surface area contributed by atoms with Gasteiger partial charge in [0.1, 0.15) is 17.9 Å². The molecule has 0 amide bonds. The standard InChI is InChI=1S/C25H23BrN2O8/c1-33-19-11-14(10-16(26)23(19)35-12-13-5-3-6-15(9-13)28(31)32)20-21-17(29)7-4-8-18(21)36-24(27)22(20)25(30)34-2/h3,5-6,9-11,20H,4,7-8,12,27H2,1-2H3/t20-/m1/s1. The van der Waals surface area contributed by atoms with E-state index in [0.29, 0.717) is 57.7 Å². The molecule has 2 aliphatic rings. The van der Waals surface area contributed by atoms with Gasteiger partial charge in [0, 0.05) is 30.5 Å². The van der Waals surface area contributed by atoms with Crippen molar-refractivity contribution in [1.29, 1.82) is 0 Å². The minimum absolute atomic E-state index is 0.0331. The molecule has 2 aromatic carbocycles. The van der Waals surface area contributed by atoms with Crippen LogP contribution in [0.5, 0.6) is 11.5 Å². The van der Waals surface area contributed by atoms with Gasteiger partial charge in [0.25, 0.3) is 5.69 Å². The van der Waals surface area contributed by atoms with Crippen molar-refractivity contribution in [3.63, 3.8) is 0 Å². The van der Waals surface area contributed by atoms with Gasteiger partial charge >= 0.3 is 5.97 Å². The third-order valence-corrected chi connectivity index (χ3v) is 6.57. The second-order valence-corrected chi connectivity index (χ2v) is 9.02. The topological polar surface area (TPSA) is 140 Å². The van der Waals surface area contributed by atoms with Gasteiger partial charge in [-0.05, 0) is 45.6 Å². The number of nitro benzene ring substituents is 1. The molecule has 0 aromatic heterocycles. The molecular formula is C25H23BrN2O8. The van der Waals surface area contributed by atoms with Crippen LogP contribution in [0.25, 0.3) is 0 Å². The van der Waals surface area contributed by atoms with Crippen LogP contribution in [-0.2, 0) is 25.7 Å². The molecule has 10 nitrogen and oxygen atoms in total. The molecule has 0 bridgehead atoms. The molecule has 0 saturated heterocycles. The predicted octanol–water partition coefficient (Wildman–Crippen LogP) is 4.41. The number of carbonyl (C=O) groups excluding carboxylic acids is 2. The first-order valence-electron chi connectivity index (χ1n) is 11.0. The molecule has 4 rings (SSSR count). The van der Waals surface area contributed by atoms with Crippen LogP contribution < -0.4 is 15.2 Å². The summed E-state index contributed by atoms with van der Waals surface area (Å²) in [5.41, 5.74) is 7.62. The molecule has 36 heavy (non-hydrogen) atoms. The molecule has 1 aliphatic heterocycles. The second kappa shape index (κ2) is 10.4. The summed E-state index contributed by atoms with van der Waals surface area (Å²) in [6.45, 7) is 0.0430. The summed E-state index contributed by atoms with van der Waals surface area (Å²) in [5, 5.41) is 11.1. The van der Waals surface area contributed by atoms with Gasteiger partial charge in [0.15, 0.2) is 17.3 Å². The van der Waals surface area contributed by atoms with Crippen LogP contribution in [0.3, 0.4) is 0 Å². The summed E-state index contributed by atoms with van der Waals surface area (Å²) in [6, 6.07) is 9.49. The number of benzene rings is 2. The van der Waals surface area contributed by atoms with Gasteiger partial charge in [-0.2, -0.15) is 0 Å². The molecule has 0 saturated carbocycles. The van der Waals surface area contributed by atoms with Crippen molar-refractivity contribution in [2.24, 2.45) is 5.73 Å². The van der Waals surface area contributed by atoms with Crippen LogP contribution >= 0.6 is 15.9 Å². The lowest BCUT2D eigenvalue weighted by atomic mass is 9.77. The molecular weight excluding hydrogens is 536 g/mol. The first-order valence-corrected chi connectivity index (χ1v) is 11.8. The maximum absolute atomic E-state index is 12.9. The number of nitro groups is 1. The zero-order chi connectivity index (χ0) is 26.0. The maximum atomic E-state index is 12.9. The van der Waals surface area contributed by atoms with E-state index in [2.05, 4.69) is 15.9 Å². The predicted molar refractivity (Wildman–Crippen MR) is 131 cm³/mol. The molecule has 0 fully saturated rings. The number of halogens is 1. The van der Waals surface area contributed by atoms with Crippen LogP contribution in [0.15, 0.2) is 63.7 Å². The van der Waals surface area contributed by atoms with Crippen molar-refractivity contribution in [3.8, 4) is 11.5 Å². The molecule has 188 valence electrons. The molecule has 0 radical (unpaired) electrons. The van der Waals surface area contributed by atoms with Crippen molar-refractivity contribution >= 4 is 33.4 Å². The number of hydrogen-bond donors (Lipinski definition) is 1. The molecule has 2 aromatic rings. The van der Waals surface area contributed by atoms with Crippen LogP contribution in [0.1, 0.15) is 36.3 Å². The highest BCUT2D eigenvalue weighted by Gasteiger charge is 2.41. The number of ketones is 1. The minimum atomic E-state index is -0.815. The van der Waals surface area contributed by atoms with Gasteiger partial charge in [-0.1, -0.05) is 12.1 Å². The molecule has 0 unspecified atom stereocenters. The van der Waals surface area contributed by atoms with Crippen molar-refractivity contribution in [2.75, 3.05) is 14.2 Å². The molecule has 0 spiro atoms. The summed E-state index contributed by atoms with van der Waals surface area (Å²) in [4.78, 5) is 36.2. The summed E-state index contributed by atoms with van der Waals surface area (Å²) < 4.78 is 22.6. The Bertz CT molecular complexity index is 1320. The van der Waals surface area contributed by atoms with Crippen molar-refractivity contribution in [1.82, 2.24) is 0 Å². The summed E-state index contributed by atoms with van der Waals surface area (Å²) >= 11 is 3.50. The Labute approximate surface area is 214 Å². The number of esters is 1. The van der Waals surface area contributed by atoms with Crippen LogP contribution in [-0.4, -0.2) is 30.9 Å². The fraction of sp³-hybridized carbons (Fsp3) is 0.280. The Hall–Kier alpha value is -3.86. The smallest absolute Gasteiger partial charge is 0.340 e. The van der Waals surface area contributed by atoms with Crippen LogP contribution in [0, 0.1) is 10.1 Å². The van der Waals surface area contributed by atoms with Gasteiger partial charge in [-0.25, -0.2) is 4.79 Å². The highest BCUT2D eigenvalue weighted by molar-refractivity contribution is 9.10. The molecule has 2 N–H and O–H groups in total. The SMILES string of the molecule is COC(=O)C1=C(N)OC2=C(C(=O)CCC2)[C@H]1c1cc(Br)c(OCc2cccc([N+](=O)[O-])c2)c(OC)c1. The number of rotatable bonds is 7. The van der Waals surface area contributed by atoms with E-state index in [0.717, 1.165) is 0 Å². The fourth-order valence-corrected chi connectivity index (χ4v) is 4.93. The number of methoxy groups -OCH3 is 2. The summed E-state index contributed by atoms with van der Waals surface area (Å²) in [5.74, 6) is -0.640. The van der Waals surface area contributed by atoms with E-state index in [1.165, 1.54) is 26.4 Å². The van der Waals surface area contributed by atoms with E-state index in [1.54, 1.807) is 24.3 Å². The Morgan fingerprint density at radius 1 is 1.25 bits per heavy atom. The number of nitrogens with two attached hydrogens (primary N) is 1. The lowest BCUT2D eigenvalue weighted by molar-refractivity contribution is -0.384. The number of nitrogens with zero attached hydrogens (tertiary/aromatic N) is 1. The number of carbonyl (C=O) groups is 2. The van der Waals surface area contributed by atoms with Crippen molar-refractivity contribution in [3.05, 3.63) is 84.9 Å². The number of ether oxygens (including phenoxy) is 4. The van der Waals surface area contributed by atoms with E-state index in [1.807, 2.05) is 0 Å². The number of Topliss-reactive ketones (excluding diaryl/α,β-unsaturated/α-hetero) is 1. The number of hydrogen-bond acceptors (Lipinski definition) is 9. The Kier molecular flexibility index (Phi) is 7.30. The second-order valence-electron chi connectivity index (χ2n) is 8.17. The van der Waals surface area contributed by atoms with Crippen LogP contribution in [0.2, 0.25) is 0 Å². The lowest BCUT2D eigenvalue weighted by Gasteiger charge is -2.32. The molecule has 11 heteroatoms. The zero-order valence-corrected chi connectivity index (χ0v) is 21.1. The van der Waals surface area contributed by atoms with Gasteiger partial charge in [0.05, 0.1) is 29.5 Å². The van der Waals surface area contributed by atoms with E-state index in [-0.39, 0.29) is 29.5 Å². The molecule has 1 heterocycles. The normalized spacial score (nSPS) is 17.3. The maximum Gasteiger partial charge on any atom is 0.340 e. The minimum Gasteiger partial charge on any atom is -0.493 e. The first kappa shape index (κ1) is 25.2. The van der Waals surface area contributed by atoms with Gasteiger partial charge < -0.3 is 24.7 Å². The Balaban J connectivity index is 1.74. The average Bonchev–Trinajstić information content (AvgIpc) is 2.86. The van der Waals surface area contributed by atoms with Crippen molar-refractivity contribution < 1.29 is 33.5 Å². The Morgan fingerprint density at radius 2 is 2.03 bits per heavy atom. The van der Waals surface area contributed by atoms with Gasteiger partial charge in [0.2, 0.25) is 5.88 Å². The third-order valence-electron chi connectivity index (χ3n) is 5.98. The van der Waals surface area contributed by atoms with E-state index < -0.39 is 16.8 Å². The first-order chi connectivity index (χ1) is 17.2. The molecule has 1 aliphatic carbocycles. The third kappa shape index (κ3) is 4.78. The summed E-state index contributed by atoms with van der Waals surface area (Å²) in [6.07, 6.45) is 1.48. The fourth-order valence-electron chi connectivity index (χ4n) is 4.36. The highest BCUT2D eigenvalue weighted by atomic mass is 79.9. The van der Waals surface area contributed by atoms with Gasteiger partial charge in [-0.3, -0.25) is 14.9 Å². The number of allylic oxidation sites excluding steroid dienone is 2. The van der Waals surface area contributed by atoms with E-state index in [9.17, 15) is 19.7 Å². The number of non-ortho nitro benzene ring substituents is 1. The summed E-state index contributed by atoms with van der Waals surface area (Å²) in [7, 11) is 2.69. The van der Waals surface area contributed by atoms with Crippen molar-refractivity contribution in [2.45, 2.75) is 31.8 Å². The molecule has 1 atom stereocenters. The zero-order valence-electron chi connectivity index (χ0n) is 19.5. The van der Waals surface area contributed by atoms with E-state index in [4.69, 9.17) is 24.7 Å². The largest absolute Gasteiger partial charge is 0.493 e. The van der Waals surface area contributed by atoms with Gasteiger partial charge in [-0.15, -0.1) is 0 Å². The Morgan fingerprint density at radius 3 is 2.72 bits per heavy atom. The monoisotopic (exact) mass is 558 g/mol. The highest BCUT2D eigenvalue weighted by Crippen LogP contribution is 2.47.